The van der Waals surface area contributed by atoms with Gasteiger partial charge in [0.15, 0.2) is 0 Å². The fourth-order valence-corrected chi connectivity index (χ4v) is 4.09. The topological polar surface area (TPSA) is 89.6 Å². The van der Waals surface area contributed by atoms with Crippen molar-refractivity contribution in [2.45, 2.75) is 44.0 Å². The first-order valence-corrected chi connectivity index (χ1v) is 10.3. The summed E-state index contributed by atoms with van der Waals surface area (Å²) in [5.41, 5.74) is 0.982. The number of H-pyrrole nitrogens is 1. The van der Waals surface area contributed by atoms with Crippen LogP contribution in [-0.4, -0.2) is 70.6 Å². The molecule has 0 aliphatic carbocycles. The van der Waals surface area contributed by atoms with E-state index < -0.39 is 0 Å². The molecular weight excluding hydrogens is 372 g/mol. The van der Waals surface area contributed by atoms with Crippen molar-refractivity contribution in [3.05, 3.63) is 48.0 Å². The molecule has 3 heterocycles. The van der Waals surface area contributed by atoms with Gasteiger partial charge in [-0.2, -0.15) is 5.10 Å². The molecule has 1 N–H and O–H groups in total. The van der Waals surface area contributed by atoms with Gasteiger partial charge in [-0.3, -0.25) is 9.89 Å². The van der Waals surface area contributed by atoms with Gasteiger partial charge in [0.2, 0.25) is 5.82 Å². The molecule has 1 atom stereocenters. The van der Waals surface area contributed by atoms with E-state index in [1.165, 1.54) is 11.9 Å². The van der Waals surface area contributed by atoms with E-state index in [4.69, 9.17) is 14.2 Å². The van der Waals surface area contributed by atoms with Crippen molar-refractivity contribution >= 4 is 5.91 Å². The van der Waals surface area contributed by atoms with Gasteiger partial charge in [-0.05, 0) is 24.8 Å². The molecule has 2 aliphatic heterocycles. The third-order valence-electron chi connectivity index (χ3n) is 5.72. The predicted octanol–water partition coefficient (Wildman–Crippen LogP) is 2.19. The van der Waals surface area contributed by atoms with Crippen LogP contribution in [0.4, 0.5) is 0 Å². The van der Waals surface area contributed by atoms with Crippen molar-refractivity contribution in [1.29, 1.82) is 0 Å². The Kier molecular flexibility index (Phi) is 6.53. The number of carbonyl (C=O) groups excluding carboxylic acids is 1. The van der Waals surface area contributed by atoms with Crippen LogP contribution in [0.2, 0.25) is 0 Å². The number of aromatic amines is 1. The largest absolute Gasteiger partial charge is 0.376 e. The highest BCUT2D eigenvalue weighted by molar-refractivity contribution is 5.90. The lowest BCUT2D eigenvalue weighted by molar-refractivity contribution is -0.155. The molecule has 2 aromatic rings. The second kappa shape index (κ2) is 9.47. The maximum absolute atomic E-state index is 12.4. The highest BCUT2D eigenvalue weighted by atomic mass is 16.5. The lowest BCUT2D eigenvalue weighted by atomic mass is 9.83. The molecule has 1 amide bonds. The molecule has 156 valence electrons. The molecule has 1 aromatic carbocycles. The van der Waals surface area contributed by atoms with Crippen LogP contribution >= 0.6 is 0 Å². The van der Waals surface area contributed by atoms with E-state index in [2.05, 4.69) is 27.3 Å². The number of piperidine rings is 1. The number of hydrogen-bond acceptors (Lipinski definition) is 6. The third-order valence-corrected chi connectivity index (χ3v) is 5.72. The molecule has 2 fully saturated rings. The monoisotopic (exact) mass is 400 g/mol. The van der Waals surface area contributed by atoms with Crippen LogP contribution < -0.4 is 0 Å². The van der Waals surface area contributed by atoms with Gasteiger partial charge in [0, 0.05) is 26.1 Å². The van der Waals surface area contributed by atoms with Crippen LogP contribution in [0.3, 0.4) is 0 Å². The summed E-state index contributed by atoms with van der Waals surface area (Å²) in [6.07, 6.45) is 4.95. The van der Waals surface area contributed by atoms with Gasteiger partial charge in [0.25, 0.3) is 5.91 Å². The smallest absolute Gasteiger partial charge is 0.291 e. The molecule has 0 radical (unpaired) electrons. The van der Waals surface area contributed by atoms with E-state index in [0.29, 0.717) is 45.3 Å². The van der Waals surface area contributed by atoms with Gasteiger partial charge in [-0.15, -0.1) is 0 Å². The minimum atomic E-state index is -0.188. The number of likely N-dealkylation sites (tertiary alicyclic amines) is 1. The van der Waals surface area contributed by atoms with Crippen molar-refractivity contribution in [3.8, 4) is 0 Å². The summed E-state index contributed by atoms with van der Waals surface area (Å²) in [6.45, 7) is 3.80. The van der Waals surface area contributed by atoms with Gasteiger partial charge in [-0.1, -0.05) is 30.3 Å². The Morgan fingerprint density at radius 2 is 2.07 bits per heavy atom. The van der Waals surface area contributed by atoms with E-state index >= 15 is 0 Å². The Hall–Kier alpha value is -2.29. The molecule has 1 unspecified atom stereocenters. The molecule has 29 heavy (non-hydrogen) atoms. The number of aromatic nitrogens is 3. The SMILES string of the molecule is O=C(c1ncn[nH]1)N1CCC2(CC1)CC(OCCOCc1ccccc1)CCO2. The number of amides is 1. The summed E-state index contributed by atoms with van der Waals surface area (Å²) in [5.74, 6) is 0.193. The first-order chi connectivity index (χ1) is 14.2. The molecular formula is C21H28N4O4. The van der Waals surface area contributed by atoms with Crippen molar-refractivity contribution in [1.82, 2.24) is 20.1 Å². The number of carbonyl (C=O) groups is 1. The second-order valence-electron chi connectivity index (χ2n) is 7.68. The molecule has 2 aliphatic rings. The Morgan fingerprint density at radius 1 is 1.24 bits per heavy atom. The molecule has 8 heteroatoms. The van der Waals surface area contributed by atoms with Crippen molar-refractivity contribution in [2.75, 3.05) is 32.9 Å². The van der Waals surface area contributed by atoms with Crippen LogP contribution in [0.25, 0.3) is 0 Å². The maximum atomic E-state index is 12.4. The van der Waals surface area contributed by atoms with E-state index in [1.54, 1.807) is 0 Å². The first kappa shape index (κ1) is 20.0. The second-order valence-corrected chi connectivity index (χ2v) is 7.68. The normalized spacial score (nSPS) is 21.4. The third kappa shape index (κ3) is 5.20. The van der Waals surface area contributed by atoms with E-state index in [9.17, 15) is 4.79 Å². The van der Waals surface area contributed by atoms with E-state index in [-0.39, 0.29) is 17.6 Å². The Bertz CT molecular complexity index is 760. The molecule has 2 saturated heterocycles. The maximum Gasteiger partial charge on any atom is 0.291 e. The van der Waals surface area contributed by atoms with Crippen LogP contribution in [0.5, 0.6) is 0 Å². The quantitative estimate of drug-likeness (QED) is 0.717. The van der Waals surface area contributed by atoms with Crippen LogP contribution in [0.1, 0.15) is 41.9 Å². The molecule has 0 bridgehead atoms. The minimum Gasteiger partial charge on any atom is -0.376 e. The van der Waals surface area contributed by atoms with Crippen molar-refractivity contribution < 1.29 is 19.0 Å². The predicted molar refractivity (Wildman–Crippen MR) is 105 cm³/mol. The Morgan fingerprint density at radius 3 is 2.83 bits per heavy atom. The van der Waals surface area contributed by atoms with Gasteiger partial charge < -0.3 is 19.1 Å². The van der Waals surface area contributed by atoms with Gasteiger partial charge in [-0.25, -0.2) is 4.98 Å². The molecule has 4 rings (SSSR count). The molecule has 1 aromatic heterocycles. The number of benzene rings is 1. The van der Waals surface area contributed by atoms with E-state index in [1.807, 2.05) is 23.1 Å². The van der Waals surface area contributed by atoms with Gasteiger partial charge >= 0.3 is 0 Å². The number of ether oxygens (including phenoxy) is 3. The first-order valence-electron chi connectivity index (χ1n) is 10.3. The Labute approximate surface area is 170 Å². The van der Waals surface area contributed by atoms with Crippen LogP contribution in [0, 0.1) is 0 Å². The number of rotatable bonds is 7. The summed E-state index contributed by atoms with van der Waals surface area (Å²) >= 11 is 0. The zero-order valence-corrected chi connectivity index (χ0v) is 16.6. The van der Waals surface area contributed by atoms with Crippen molar-refractivity contribution in [2.24, 2.45) is 0 Å². The van der Waals surface area contributed by atoms with Gasteiger partial charge in [0.1, 0.15) is 6.33 Å². The fraction of sp³-hybridized carbons (Fsp3) is 0.571. The van der Waals surface area contributed by atoms with Crippen molar-refractivity contribution in [3.63, 3.8) is 0 Å². The summed E-state index contributed by atoms with van der Waals surface area (Å²) in [4.78, 5) is 18.2. The molecule has 0 saturated carbocycles. The Balaban J connectivity index is 1.18. The number of hydrogen-bond donors (Lipinski definition) is 1. The fourth-order valence-electron chi connectivity index (χ4n) is 4.09. The minimum absolute atomic E-state index is 0.100. The highest BCUT2D eigenvalue weighted by Crippen LogP contribution is 2.36. The zero-order valence-electron chi connectivity index (χ0n) is 16.6. The summed E-state index contributed by atoms with van der Waals surface area (Å²) in [5, 5.41) is 6.40. The lowest BCUT2D eigenvalue weighted by Crippen LogP contribution is -2.52. The summed E-state index contributed by atoms with van der Waals surface area (Å²) in [6, 6.07) is 10.1. The van der Waals surface area contributed by atoms with E-state index in [0.717, 1.165) is 25.7 Å². The summed E-state index contributed by atoms with van der Waals surface area (Å²) in [7, 11) is 0. The average Bonchev–Trinajstić information content (AvgIpc) is 3.30. The van der Waals surface area contributed by atoms with Crippen LogP contribution in [-0.2, 0) is 20.8 Å². The zero-order chi connectivity index (χ0) is 19.9. The number of nitrogens with one attached hydrogen (secondary N) is 1. The lowest BCUT2D eigenvalue weighted by Gasteiger charge is -2.45. The van der Waals surface area contributed by atoms with Crippen LogP contribution in [0.15, 0.2) is 36.7 Å². The van der Waals surface area contributed by atoms with Gasteiger partial charge in [0.05, 0.1) is 31.5 Å². The average molecular weight is 400 g/mol. The standard InChI is InChI=1S/C21H28N4O4/c26-20(19-22-16-23-24-19)25-9-7-21(8-10-25)14-18(6-11-29-21)28-13-12-27-15-17-4-2-1-3-5-17/h1-5,16,18H,6-15H2,(H,22,23,24). The summed E-state index contributed by atoms with van der Waals surface area (Å²) < 4.78 is 17.9. The highest BCUT2D eigenvalue weighted by Gasteiger charge is 2.41. The molecule has 1 spiro atoms. The molecule has 8 nitrogen and oxygen atoms in total. The number of nitrogens with zero attached hydrogens (tertiary/aromatic N) is 3.